The minimum absolute atomic E-state index is 0.172. The van der Waals surface area contributed by atoms with Crippen LogP contribution in [0.4, 0.5) is 0 Å². The number of hydrogen-bond acceptors (Lipinski definition) is 4. The second-order valence-corrected chi connectivity index (χ2v) is 2.56. The second kappa shape index (κ2) is 6.55. The first-order valence-electron chi connectivity index (χ1n) is 4.05. The predicted octanol–water partition coefficient (Wildman–Crippen LogP) is -0.591. The molecule has 15 heavy (non-hydrogen) atoms. The number of aliphatic carboxylic acids is 2. The molecule has 1 aromatic rings. The summed E-state index contributed by atoms with van der Waals surface area (Å²) in [5, 5.41) is 23.3. The van der Waals surface area contributed by atoms with Gasteiger partial charge in [-0.15, -0.1) is 0 Å². The number of imidazole rings is 1. The summed E-state index contributed by atoms with van der Waals surface area (Å²) < 4.78 is 0. The first-order valence-corrected chi connectivity index (χ1v) is 4.05. The summed E-state index contributed by atoms with van der Waals surface area (Å²) in [5.41, 5.74) is 2.00. The minimum atomic E-state index is -1.82. The number of nitrogens with one attached hydrogen (secondary N) is 1. The molecule has 0 aromatic carbocycles. The molecule has 0 saturated carbocycles. The highest BCUT2D eigenvalue weighted by Crippen LogP contribution is 1.99. The van der Waals surface area contributed by atoms with Crippen molar-refractivity contribution in [3.63, 3.8) is 0 Å². The van der Waals surface area contributed by atoms with Crippen LogP contribution in [0, 0.1) is 6.92 Å². The van der Waals surface area contributed by atoms with E-state index in [2.05, 4.69) is 9.97 Å². The summed E-state index contributed by atoms with van der Waals surface area (Å²) in [6.45, 7) is 2.11. The van der Waals surface area contributed by atoms with Crippen LogP contribution < -0.4 is 0 Å². The third kappa shape index (κ3) is 5.42. The van der Waals surface area contributed by atoms with Crippen LogP contribution in [-0.4, -0.2) is 43.8 Å². The average Bonchev–Trinajstić information content (AvgIpc) is 2.53. The normalized spacial score (nSPS) is 8.93. The van der Waals surface area contributed by atoms with Crippen molar-refractivity contribution < 1.29 is 24.9 Å². The zero-order valence-electron chi connectivity index (χ0n) is 8.10. The van der Waals surface area contributed by atoms with Crippen molar-refractivity contribution in [2.45, 2.75) is 13.3 Å². The van der Waals surface area contributed by atoms with Crippen LogP contribution in [0.5, 0.6) is 0 Å². The summed E-state index contributed by atoms with van der Waals surface area (Å²) in [5.74, 6) is -3.65. The lowest BCUT2D eigenvalue weighted by Gasteiger charge is -1.90. The number of hydrogen-bond donors (Lipinski definition) is 4. The zero-order chi connectivity index (χ0) is 11.8. The maximum absolute atomic E-state index is 9.10. The smallest absolute Gasteiger partial charge is 0.414 e. The zero-order valence-corrected chi connectivity index (χ0v) is 8.10. The highest BCUT2D eigenvalue weighted by molar-refractivity contribution is 6.27. The number of carbonyl (C=O) groups is 2. The SMILES string of the molecule is Cc1[nH]cnc1CCO.O=C(O)C(=O)O. The topological polar surface area (TPSA) is 124 Å². The fourth-order valence-electron chi connectivity index (χ4n) is 0.745. The highest BCUT2D eigenvalue weighted by Gasteiger charge is 2.04. The molecule has 0 unspecified atom stereocenters. The molecule has 0 aliphatic heterocycles. The number of carboxylic acid groups (broad SMARTS) is 2. The van der Waals surface area contributed by atoms with E-state index in [1.165, 1.54) is 0 Å². The number of aromatic nitrogens is 2. The van der Waals surface area contributed by atoms with Gasteiger partial charge in [-0.05, 0) is 6.92 Å². The van der Waals surface area contributed by atoms with Crippen LogP contribution in [0.3, 0.4) is 0 Å². The molecule has 0 bridgehead atoms. The van der Waals surface area contributed by atoms with E-state index in [0.717, 1.165) is 11.4 Å². The van der Waals surface area contributed by atoms with Crippen LogP contribution in [0.2, 0.25) is 0 Å². The Labute approximate surface area is 85.4 Å². The maximum atomic E-state index is 9.10. The molecule has 0 atom stereocenters. The largest absolute Gasteiger partial charge is 0.473 e. The van der Waals surface area contributed by atoms with E-state index in [9.17, 15) is 0 Å². The van der Waals surface area contributed by atoms with Crippen molar-refractivity contribution in [3.8, 4) is 0 Å². The number of aromatic amines is 1. The van der Waals surface area contributed by atoms with Gasteiger partial charge in [0, 0.05) is 18.7 Å². The summed E-state index contributed by atoms with van der Waals surface area (Å²) in [7, 11) is 0. The van der Waals surface area contributed by atoms with Gasteiger partial charge in [0.1, 0.15) is 0 Å². The van der Waals surface area contributed by atoms with Gasteiger partial charge < -0.3 is 20.3 Å². The summed E-state index contributed by atoms with van der Waals surface area (Å²) in [4.78, 5) is 25.1. The number of aryl methyl sites for hydroxylation is 1. The standard InChI is InChI=1S/C6H10N2O.C2H2O4/c1-5-6(2-3-9)8-4-7-5;3-1(4)2(5)6/h4,9H,2-3H2,1H3,(H,7,8);(H,3,4)(H,5,6). The van der Waals surface area contributed by atoms with Gasteiger partial charge in [-0.1, -0.05) is 0 Å². The molecule has 7 heteroatoms. The minimum Gasteiger partial charge on any atom is -0.473 e. The molecule has 84 valence electrons. The van der Waals surface area contributed by atoms with Crippen LogP contribution >= 0.6 is 0 Å². The Morgan fingerprint density at radius 1 is 1.40 bits per heavy atom. The number of aliphatic hydroxyl groups excluding tert-OH is 1. The van der Waals surface area contributed by atoms with Crippen molar-refractivity contribution in [3.05, 3.63) is 17.7 Å². The maximum Gasteiger partial charge on any atom is 0.414 e. The average molecular weight is 216 g/mol. The lowest BCUT2D eigenvalue weighted by atomic mass is 10.3. The molecule has 0 saturated heterocycles. The highest BCUT2D eigenvalue weighted by atomic mass is 16.4. The predicted molar refractivity (Wildman–Crippen MR) is 49.4 cm³/mol. The molecule has 0 radical (unpaired) electrons. The Morgan fingerprint density at radius 2 is 1.93 bits per heavy atom. The molecule has 0 aliphatic carbocycles. The van der Waals surface area contributed by atoms with Gasteiger partial charge in [0.05, 0.1) is 12.0 Å². The third-order valence-electron chi connectivity index (χ3n) is 1.47. The summed E-state index contributed by atoms with van der Waals surface area (Å²) >= 11 is 0. The van der Waals surface area contributed by atoms with E-state index in [4.69, 9.17) is 24.9 Å². The van der Waals surface area contributed by atoms with Crippen LogP contribution in [0.25, 0.3) is 0 Å². The van der Waals surface area contributed by atoms with Gasteiger partial charge in [0.2, 0.25) is 0 Å². The van der Waals surface area contributed by atoms with Gasteiger partial charge in [-0.25, -0.2) is 14.6 Å². The lowest BCUT2D eigenvalue weighted by molar-refractivity contribution is -0.159. The Morgan fingerprint density at radius 3 is 2.20 bits per heavy atom. The quantitative estimate of drug-likeness (QED) is 0.490. The Hall–Kier alpha value is -1.89. The van der Waals surface area contributed by atoms with Gasteiger partial charge in [0.15, 0.2) is 0 Å². The fourth-order valence-corrected chi connectivity index (χ4v) is 0.745. The van der Waals surface area contributed by atoms with E-state index in [1.807, 2.05) is 6.92 Å². The number of aliphatic hydroxyl groups is 1. The summed E-state index contributed by atoms with van der Waals surface area (Å²) in [6, 6.07) is 0. The second-order valence-electron chi connectivity index (χ2n) is 2.56. The van der Waals surface area contributed by atoms with Crippen molar-refractivity contribution in [1.29, 1.82) is 0 Å². The van der Waals surface area contributed by atoms with E-state index in [1.54, 1.807) is 6.33 Å². The molecule has 0 spiro atoms. The molecular formula is C8H12N2O5. The van der Waals surface area contributed by atoms with Crippen molar-refractivity contribution in [1.82, 2.24) is 9.97 Å². The van der Waals surface area contributed by atoms with Crippen LogP contribution in [0.1, 0.15) is 11.4 Å². The Bertz CT molecular complexity index is 322. The van der Waals surface area contributed by atoms with Crippen LogP contribution in [0.15, 0.2) is 6.33 Å². The fraction of sp³-hybridized carbons (Fsp3) is 0.375. The molecule has 0 aliphatic rings. The van der Waals surface area contributed by atoms with E-state index < -0.39 is 11.9 Å². The molecule has 1 rings (SSSR count). The first kappa shape index (κ1) is 13.1. The van der Waals surface area contributed by atoms with E-state index in [0.29, 0.717) is 6.42 Å². The third-order valence-corrected chi connectivity index (χ3v) is 1.47. The van der Waals surface area contributed by atoms with Crippen molar-refractivity contribution in [2.75, 3.05) is 6.61 Å². The Balaban J connectivity index is 0.000000288. The van der Waals surface area contributed by atoms with Crippen LogP contribution in [-0.2, 0) is 16.0 Å². The van der Waals surface area contributed by atoms with E-state index >= 15 is 0 Å². The molecule has 1 heterocycles. The Kier molecular flexibility index (Phi) is 5.72. The molecular weight excluding hydrogens is 204 g/mol. The lowest BCUT2D eigenvalue weighted by Crippen LogP contribution is -2.09. The molecule has 4 N–H and O–H groups in total. The first-order chi connectivity index (χ1) is 6.99. The van der Waals surface area contributed by atoms with Crippen molar-refractivity contribution >= 4 is 11.9 Å². The van der Waals surface area contributed by atoms with Crippen molar-refractivity contribution in [2.24, 2.45) is 0 Å². The van der Waals surface area contributed by atoms with Gasteiger partial charge in [0.25, 0.3) is 0 Å². The summed E-state index contributed by atoms with van der Waals surface area (Å²) in [6.07, 6.45) is 2.29. The molecule has 1 aromatic heterocycles. The number of carboxylic acids is 2. The van der Waals surface area contributed by atoms with Gasteiger partial charge in [-0.3, -0.25) is 0 Å². The molecule has 0 amide bonds. The molecule has 0 fully saturated rings. The number of nitrogens with zero attached hydrogens (tertiary/aromatic N) is 1. The number of H-pyrrole nitrogens is 1. The molecule has 7 nitrogen and oxygen atoms in total. The van der Waals surface area contributed by atoms with E-state index in [-0.39, 0.29) is 6.61 Å². The number of rotatable bonds is 2. The monoisotopic (exact) mass is 216 g/mol. The van der Waals surface area contributed by atoms with Gasteiger partial charge in [-0.2, -0.15) is 0 Å². The van der Waals surface area contributed by atoms with Gasteiger partial charge >= 0.3 is 11.9 Å².